The summed E-state index contributed by atoms with van der Waals surface area (Å²) in [7, 11) is 1.28. The van der Waals surface area contributed by atoms with E-state index in [0.717, 1.165) is 0 Å². The Labute approximate surface area is 143 Å². The van der Waals surface area contributed by atoms with Crippen LogP contribution in [0.25, 0.3) is 0 Å². The van der Waals surface area contributed by atoms with Gasteiger partial charge in [-0.05, 0) is 42.5 Å². The molecule has 1 N–H and O–H groups in total. The van der Waals surface area contributed by atoms with Crippen LogP contribution in [-0.2, 0) is 14.3 Å². The summed E-state index contributed by atoms with van der Waals surface area (Å²) >= 11 is 5.78. The molecule has 2 aromatic rings. The zero-order valence-electron chi connectivity index (χ0n) is 12.7. The maximum atomic E-state index is 11.8. The number of hydrogen-bond donors (Lipinski definition) is 1. The number of benzene rings is 2. The van der Waals surface area contributed by atoms with Crippen LogP contribution in [0.4, 0.5) is 5.69 Å². The fourth-order valence-electron chi connectivity index (χ4n) is 1.83. The van der Waals surface area contributed by atoms with Crippen molar-refractivity contribution >= 4 is 35.1 Å². The Morgan fingerprint density at radius 1 is 1.00 bits per heavy atom. The zero-order valence-corrected chi connectivity index (χ0v) is 13.5. The summed E-state index contributed by atoms with van der Waals surface area (Å²) in [4.78, 5) is 34.9. The number of halogens is 1. The van der Waals surface area contributed by atoms with E-state index in [1.165, 1.54) is 31.4 Å². The van der Waals surface area contributed by atoms with E-state index in [1.54, 1.807) is 24.3 Å². The van der Waals surface area contributed by atoms with Gasteiger partial charge in [-0.1, -0.05) is 17.7 Å². The van der Waals surface area contributed by atoms with Crippen molar-refractivity contribution in [1.82, 2.24) is 0 Å². The number of esters is 2. The van der Waals surface area contributed by atoms with Crippen LogP contribution >= 0.6 is 11.6 Å². The minimum Gasteiger partial charge on any atom is -0.465 e. The molecule has 24 heavy (non-hydrogen) atoms. The number of carbonyl (C=O) groups is 3. The molecule has 0 saturated carbocycles. The van der Waals surface area contributed by atoms with Gasteiger partial charge in [-0.25, -0.2) is 9.59 Å². The highest BCUT2D eigenvalue weighted by Crippen LogP contribution is 2.12. The molecule has 0 aliphatic carbocycles. The van der Waals surface area contributed by atoms with Gasteiger partial charge in [-0.2, -0.15) is 0 Å². The first-order chi connectivity index (χ1) is 11.5. The molecule has 0 radical (unpaired) electrons. The third-order valence-electron chi connectivity index (χ3n) is 2.98. The predicted octanol–water partition coefficient (Wildman–Crippen LogP) is 2.92. The number of rotatable bonds is 5. The van der Waals surface area contributed by atoms with Gasteiger partial charge in [0.2, 0.25) is 0 Å². The second-order valence-corrected chi connectivity index (χ2v) is 5.14. The van der Waals surface area contributed by atoms with Crippen molar-refractivity contribution in [2.45, 2.75) is 0 Å². The molecule has 0 heterocycles. The quantitative estimate of drug-likeness (QED) is 0.841. The Bertz CT molecular complexity index is 758. The zero-order chi connectivity index (χ0) is 17.5. The van der Waals surface area contributed by atoms with Gasteiger partial charge in [0.1, 0.15) is 0 Å². The molecule has 0 aromatic heterocycles. The minimum atomic E-state index is -0.645. The molecular formula is C17H14ClNO5. The van der Waals surface area contributed by atoms with Crippen molar-refractivity contribution in [3.63, 3.8) is 0 Å². The van der Waals surface area contributed by atoms with Crippen LogP contribution in [0.3, 0.4) is 0 Å². The van der Waals surface area contributed by atoms with Crippen molar-refractivity contribution in [3.05, 3.63) is 64.7 Å². The van der Waals surface area contributed by atoms with Gasteiger partial charge in [0.05, 0.1) is 18.2 Å². The van der Waals surface area contributed by atoms with Crippen LogP contribution in [0.5, 0.6) is 0 Å². The number of amides is 1. The molecule has 0 fully saturated rings. The summed E-state index contributed by atoms with van der Waals surface area (Å²) in [6.07, 6.45) is 0. The molecule has 0 saturated heterocycles. The summed E-state index contributed by atoms with van der Waals surface area (Å²) in [5.74, 6) is -1.62. The largest absolute Gasteiger partial charge is 0.465 e. The Morgan fingerprint density at radius 3 is 2.33 bits per heavy atom. The lowest BCUT2D eigenvalue weighted by molar-refractivity contribution is -0.119. The van der Waals surface area contributed by atoms with Crippen LogP contribution < -0.4 is 5.32 Å². The van der Waals surface area contributed by atoms with Gasteiger partial charge < -0.3 is 14.8 Å². The highest BCUT2D eigenvalue weighted by molar-refractivity contribution is 6.30. The highest BCUT2D eigenvalue weighted by atomic mass is 35.5. The number of carbonyl (C=O) groups excluding carboxylic acids is 3. The van der Waals surface area contributed by atoms with E-state index in [1.807, 2.05) is 0 Å². The van der Waals surface area contributed by atoms with Crippen LogP contribution in [-0.4, -0.2) is 31.6 Å². The van der Waals surface area contributed by atoms with E-state index in [2.05, 4.69) is 10.1 Å². The molecule has 2 aromatic carbocycles. The average molecular weight is 348 g/mol. The average Bonchev–Trinajstić information content (AvgIpc) is 2.59. The SMILES string of the molecule is COC(=O)c1ccc(NC(=O)COC(=O)c2cccc(Cl)c2)cc1. The van der Waals surface area contributed by atoms with Crippen LogP contribution in [0, 0.1) is 0 Å². The molecule has 124 valence electrons. The molecule has 7 heteroatoms. The Kier molecular flexibility index (Phi) is 5.92. The summed E-state index contributed by atoms with van der Waals surface area (Å²) < 4.78 is 9.49. The summed E-state index contributed by atoms with van der Waals surface area (Å²) in [6.45, 7) is -0.440. The monoisotopic (exact) mass is 347 g/mol. The van der Waals surface area contributed by atoms with Crippen LogP contribution in [0.15, 0.2) is 48.5 Å². The van der Waals surface area contributed by atoms with Gasteiger partial charge in [0.25, 0.3) is 5.91 Å². The van der Waals surface area contributed by atoms with Gasteiger partial charge in [-0.3, -0.25) is 4.79 Å². The number of hydrogen-bond acceptors (Lipinski definition) is 5. The summed E-state index contributed by atoms with van der Waals surface area (Å²) in [5, 5.41) is 2.95. The molecule has 0 aliphatic rings. The van der Waals surface area contributed by atoms with Crippen molar-refractivity contribution in [2.75, 3.05) is 19.0 Å². The third kappa shape index (κ3) is 4.82. The number of anilines is 1. The normalized spacial score (nSPS) is 9.92. The first kappa shape index (κ1) is 17.5. The first-order valence-electron chi connectivity index (χ1n) is 6.90. The minimum absolute atomic E-state index is 0.262. The molecule has 0 bridgehead atoms. The standard InChI is InChI=1S/C17H14ClNO5/c1-23-16(21)11-5-7-14(8-6-11)19-15(20)10-24-17(22)12-3-2-4-13(18)9-12/h2-9H,10H2,1H3,(H,19,20). The summed E-state index contributed by atoms with van der Waals surface area (Å²) in [6, 6.07) is 12.3. The molecule has 0 spiro atoms. The Hall–Kier alpha value is -2.86. The highest BCUT2D eigenvalue weighted by Gasteiger charge is 2.11. The summed E-state index contributed by atoms with van der Waals surface area (Å²) in [5.41, 5.74) is 1.09. The lowest BCUT2D eigenvalue weighted by Gasteiger charge is -2.07. The first-order valence-corrected chi connectivity index (χ1v) is 7.28. The second-order valence-electron chi connectivity index (χ2n) is 4.70. The fourth-order valence-corrected chi connectivity index (χ4v) is 2.02. The molecule has 0 atom stereocenters. The topological polar surface area (TPSA) is 81.7 Å². The molecule has 0 aliphatic heterocycles. The van der Waals surface area contributed by atoms with E-state index >= 15 is 0 Å². The van der Waals surface area contributed by atoms with Crippen LogP contribution in [0.1, 0.15) is 20.7 Å². The molecule has 0 unspecified atom stereocenters. The second kappa shape index (κ2) is 8.12. The van der Waals surface area contributed by atoms with E-state index < -0.39 is 24.5 Å². The van der Waals surface area contributed by atoms with Crippen LogP contribution in [0.2, 0.25) is 5.02 Å². The van der Waals surface area contributed by atoms with Gasteiger partial charge >= 0.3 is 11.9 Å². The van der Waals surface area contributed by atoms with E-state index in [-0.39, 0.29) is 5.56 Å². The van der Waals surface area contributed by atoms with Gasteiger partial charge in [0.15, 0.2) is 6.61 Å². The third-order valence-corrected chi connectivity index (χ3v) is 3.22. The Balaban J connectivity index is 1.87. The maximum Gasteiger partial charge on any atom is 0.338 e. The van der Waals surface area contributed by atoms with Crippen molar-refractivity contribution in [2.24, 2.45) is 0 Å². The van der Waals surface area contributed by atoms with Crippen molar-refractivity contribution < 1.29 is 23.9 Å². The van der Waals surface area contributed by atoms with Crippen molar-refractivity contribution in [3.8, 4) is 0 Å². The number of nitrogens with one attached hydrogen (secondary N) is 1. The van der Waals surface area contributed by atoms with Crippen molar-refractivity contribution in [1.29, 1.82) is 0 Å². The maximum absolute atomic E-state index is 11.8. The lowest BCUT2D eigenvalue weighted by atomic mass is 10.2. The number of ether oxygens (including phenoxy) is 2. The lowest BCUT2D eigenvalue weighted by Crippen LogP contribution is -2.21. The van der Waals surface area contributed by atoms with E-state index in [4.69, 9.17) is 16.3 Å². The number of methoxy groups -OCH3 is 1. The van der Waals surface area contributed by atoms with Gasteiger partial charge in [-0.15, -0.1) is 0 Å². The molecule has 6 nitrogen and oxygen atoms in total. The predicted molar refractivity (Wildman–Crippen MR) is 88.1 cm³/mol. The van der Waals surface area contributed by atoms with E-state index in [0.29, 0.717) is 16.3 Å². The smallest absolute Gasteiger partial charge is 0.338 e. The molecule has 2 rings (SSSR count). The molecule has 1 amide bonds. The Morgan fingerprint density at radius 2 is 1.71 bits per heavy atom. The fraction of sp³-hybridized carbons (Fsp3) is 0.118. The van der Waals surface area contributed by atoms with Gasteiger partial charge in [0, 0.05) is 10.7 Å². The van der Waals surface area contributed by atoms with E-state index in [9.17, 15) is 14.4 Å². The molecular weight excluding hydrogens is 334 g/mol.